The molecule has 1 atom stereocenters. The molecule has 0 aliphatic rings. The molecule has 1 unspecified atom stereocenters. The van der Waals surface area contributed by atoms with Crippen LogP contribution in [0, 0.1) is 6.92 Å². The molecular formula is C17H21N3S. The first-order valence-electron chi connectivity index (χ1n) is 7.43. The zero-order valence-corrected chi connectivity index (χ0v) is 13.4. The highest BCUT2D eigenvalue weighted by Gasteiger charge is 2.16. The second kappa shape index (κ2) is 6.00. The van der Waals surface area contributed by atoms with Crippen LogP contribution in [0.25, 0.3) is 11.0 Å². The highest BCUT2D eigenvalue weighted by Crippen LogP contribution is 2.25. The van der Waals surface area contributed by atoms with E-state index in [4.69, 9.17) is 10.7 Å². The van der Waals surface area contributed by atoms with Gasteiger partial charge in [0.1, 0.15) is 5.82 Å². The maximum Gasteiger partial charge on any atom is 0.111 e. The van der Waals surface area contributed by atoms with Crippen LogP contribution in [-0.2, 0) is 13.0 Å². The van der Waals surface area contributed by atoms with Gasteiger partial charge in [-0.15, -0.1) is 0 Å². The fourth-order valence-corrected chi connectivity index (χ4v) is 3.73. The Labute approximate surface area is 129 Å². The molecule has 2 heterocycles. The first kappa shape index (κ1) is 14.3. The number of benzene rings is 1. The number of imidazole rings is 1. The normalized spacial score (nSPS) is 12.9. The van der Waals surface area contributed by atoms with Crippen molar-refractivity contribution < 1.29 is 0 Å². The minimum absolute atomic E-state index is 0.0173. The van der Waals surface area contributed by atoms with E-state index < -0.39 is 0 Å². The predicted octanol–water partition coefficient (Wildman–Crippen LogP) is 4.06. The molecule has 0 aliphatic heterocycles. The molecule has 0 saturated carbocycles. The molecule has 3 nitrogen and oxygen atoms in total. The van der Waals surface area contributed by atoms with E-state index >= 15 is 0 Å². The number of hydrogen-bond donors (Lipinski definition) is 1. The molecule has 4 heteroatoms. The van der Waals surface area contributed by atoms with Gasteiger partial charge in [0.05, 0.1) is 11.0 Å². The van der Waals surface area contributed by atoms with E-state index in [1.54, 1.807) is 11.3 Å². The molecule has 3 aromatic rings. The average molecular weight is 299 g/mol. The number of aromatic nitrogens is 2. The standard InChI is InChI=1S/C17H21N3S/c1-3-8-20-16-7-5-4-6-15(16)19-17(20)9-14(18)13-11-21-10-12(13)2/h4-7,10-11,14H,3,8-9,18H2,1-2H3. The van der Waals surface area contributed by atoms with Crippen molar-refractivity contribution in [3.8, 4) is 0 Å². The van der Waals surface area contributed by atoms with Gasteiger partial charge >= 0.3 is 0 Å². The summed E-state index contributed by atoms with van der Waals surface area (Å²) in [5, 5.41) is 4.32. The fraction of sp³-hybridized carbons (Fsp3) is 0.353. The summed E-state index contributed by atoms with van der Waals surface area (Å²) in [6.45, 7) is 5.31. The zero-order chi connectivity index (χ0) is 14.8. The molecule has 2 N–H and O–H groups in total. The fourth-order valence-electron chi connectivity index (χ4n) is 2.81. The molecule has 3 rings (SSSR count). The number of thiophene rings is 1. The van der Waals surface area contributed by atoms with Crippen LogP contribution in [0.5, 0.6) is 0 Å². The van der Waals surface area contributed by atoms with E-state index in [1.165, 1.54) is 16.6 Å². The van der Waals surface area contributed by atoms with Crippen molar-refractivity contribution in [1.29, 1.82) is 0 Å². The number of para-hydroxylation sites is 2. The Morgan fingerprint density at radius 1 is 1.29 bits per heavy atom. The van der Waals surface area contributed by atoms with Crippen LogP contribution in [0.3, 0.4) is 0 Å². The van der Waals surface area contributed by atoms with Gasteiger partial charge in [0.25, 0.3) is 0 Å². The van der Waals surface area contributed by atoms with Crippen molar-refractivity contribution in [2.24, 2.45) is 5.73 Å². The van der Waals surface area contributed by atoms with Gasteiger partial charge in [-0.2, -0.15) is 11.3 Å². The lowest BCUT2D eigenvalue weighted by Gasteiger charge is -2.13. The van der Waals surface area contributed by atoms with Crippen LogP contribution >= 0.6 is 11.3 Å². The smallest absolute Gasteiger partial charge is 0.111 e. The number of nitrogens with two attached hydrogens (primary N) is 1. The van der Waals surface area contributed by atoms with Gasteiger partial charge in [-0.1, -0.05) is 19.1 Å². The first-order valence-corrected chi connectivity index (χ1v) is 8.37. The summed E-state index contributed by atoms with van der Waals surface area (Å²) in [5.41, 5.74) is 11.2. The monoisotopic (exact) mass is 299 g/mol. The zero-order valence-electron chi connectivity index (χ0n) is 12.5. The van der Waals surface area contributed by atoms with E-state index in [1.807, 2.05) is 6.07 Å². The number of rotatable bonds is 5. The minimum Gasteiger partial charge on any atom is -0.328 e. The quantitative estimate of drug-likeness (QED) is 0.772. The SMILES string of the molecule is CCCn1c(CC(N)c2cscc2C)nc2ccccc21. The summed E-state index contributed by atoms with van der Waals surface area (Å²) in [5.74, 6) is 1.09. The number of aryl methyl sites for hydroxylation is 2. The molecule has 110 valence electrons. The van der Waals surface area contributed by atoms with E-state index in [9.17, 15) is 0 Å². The number of fused-ring (bicyclic) bond motifs is 1. The number of hydrogen-bond acceptors (Lipinski definition) is 3. The lowest BCUT2D eigenvalue weighted by atomic mass is 10.0. The Balaban J connectivity index is 1.96. The highest BCUT2D eigenvalue weighted by molar-refractivity contribution is 7.08. The Kier molecular flexibility index (Phi) is 4.08. The summed E-state index contributed by atoms with van der Waals surface area (Å²) in [7, 11) is 0. The molecule has 1 aromatic carbocycles. The second-order valence-electron chi connectivity index (χ2n) is 5.49. The van der Waals surface area contributed by atoms with Crippen molar-refractivity contribution in [1.82, 2.24) is 9.55 Å². The van der Waals surface area contributed by atoms with Crippen molar-refractivity contribution in [3.63, 3.8) is 0 Å². The van der Waals surface area contributed by atoms with E-state index in [0.29, 0.717) is 0 Å². The summed E-state index contributed by atoms with van der Waals surface area (Å²) in [6.07, 6.45) is 1.88. The third-order valence-electron chi connectivity index (χ3n) is 3.88. The summed E-state index contributed by atoms with van der Waals surface area (Å²) >= 11 is 1.72. The van der Waals surface area contributed by atoms with Crippen molar-refractivity contribution in [2.45, 2.75) is 39.3 Å². The Hall–Kier alpha value is -1.65. The lowest BCUT2D eigenvalue weighted by molar-refractivity contribution is 0.609. The van der Waals surface area contributed by atoms with Gasteiger partial charge in [-0.3, -0.25) is 0 Å². The molecule has 0 fully saturated rings. The summed E-state index contributed by atoms with van der Waals surface area (Å²) < 4.78 is 2.32. The molecular weight excluding hydrogens is 278 g/mol. The molecule has 0 spiro atoms. The third kappa shape index (κ3) is 2.74. The van der Waals surface area contributed by atoms with Gasteiger partial charge in [0.2, 0.25) is 0 Å². The van der Waals surface area contributed by atoms with Crippen molar-refractivity contribution in [2.75, 3.05) is 0 Å². The molecule has 2 aromatic heterocycles. The van der Waals surface area contributed by atoms with E-state index in [0.717, 1.165) is 30.7 Å². The third-order valence-corrected chi connectivity index (χ3v) is 4.76. The van der Waals surface area contributed by atoms with Gasteiger partial charge in [-0.25, -0.2) is 4.98 Å². The molecule has 21 heavy (non-hydrogen) atoms. The van der Waals surface area contributed by atoms with Crippen LogP contribution in [0.2, 0.25) is 0 Å². The highest BCUT2D eigenvalue weighted by atomic mass is 32.1. The molecule has 0 saturated heterocycles. The van der Waals surface area contributed by atoms with E-state index in [-0.39, 0.29) is 6.04 Å². The van der Waals surface area contributed by atoms with Crippen LogP contribution in [0.1, 0.15) is 36.3 Å². The predicted molar refractivity (Wildman–Crippen MR) is 89.7 cm³/mol. The topological polar surface area (TPSA) is 43.8 Å². The maximum atomic E-state index is 6.41. The van der Waals surface area contributed by atoms with Crippen LogP contribution in [0.4, 0.5) is 0 Å². The van der Waals surface area contributed by atoms with Crippen molar-refractivity contribution in [3.05, 3.63) is 52.0 Å². The van der Waals surface area contributed by atoms with Crippen LogP contribution in [0.15, 0.2) is 35.0 Å². The summed E-state index contributed by atoms with van der Waals surface area (Å²) in [4.78, 5) is 4.80. The second-order valence-corrected chi connectivity index (χ2v) is 6.23. The largest absolute Gasteiger partial charge is 0.328 e. The maximum absolute atomic E-state index is 6.41. The van der Waals surface area contributed by atoms with E-state index in [2.05, 4.69) is 47.4 Å². The summed E-state index contributed by atoms with van der Waals surface area (Å²) in [6, 6.07) is 8.35. The average Bonchev–Trinajstić information content (AvgIpc) is 3.04. The molecule has 0 aliphatic carbocycles. The Morgan fingerprint density at radius 2 is 2.10 bits per heavy atom. The number of nitrogens with zero attached hydrogens (tertiary/aromatic N) is 2. The Bertz CT molecular complexity index is 741. The molecule has 0 bridgehead atoms. The van der Waals surface area contributed by atoms with Gasteiger partial charge < -0.3 is 10.3 Å². The van der Waals surface area contributed by atoms with Gasteiger partial charge in [0.15, 0.2) is 0 Å². The minimum atomic E-state index is 0.0173. The Morgan fingerprint density at radius 3 is 2.81 bits per heavy atom. The van der Waals surface area contributed by atoms with Crippen molar-refractivity contribution >= 4 is 22.4 Å². The van der Waals surface area contributed by atoms with Crippen LogP contribution in [-0.4, -0.2) is 9.55 Å². The first-order chi connectivity index (χ1) is 10.2. The molecule has 0 radical (unpaired) electrons. The molecule has 0 amide bonds. The van der Waals surface area contributed by atoms with Gasteiger partial charge in [-0.05, 0) is 47.4 Å². The van der Waals surface area contributed by atoms with Gasteiger partial charge in [0, 0.05) is 19.0 Å². The lowest BCUT2D eigenvalue weighted by Crippen LogP contribution is -2.17. The van der Waals surface area contributed by atoms with Crippen LogP contribution < -0.4 is 5.73 Å².